The number of amides is 2. The quantitative estimate of drug-likeness (QED) is 0.196. The molecule has 1 saturated heterocycles. The lowest BCUT2D eigenvalue weighted by molar-refractivity contribution is -0.123. The highest BCUT2D eigenvalue weighted by molar-refractivity contribution is 14.1. The Kier molecular flexibility index (Phi) is 8.26. The van der Waals surface area contributed by atoms with Gasteiger partial charge in [-0.1, -0.05) is 41.4 Å². The van der Waals surface area contributed by atoms with Crippen LogP contribution in [0, 0.1) is 9.39 Å². The summed E-state index contributed by atoms with van der Waals surface area (Å²) in [5, 5.41) is 0.366. The van der Waals surface area contributed by atoms with Gasteiger partial charge in [-0.2, -0.15) is 0 Å². The van der Waals surface area contributed by atoms with E-state index in [1.54, 1.807) is 42.5 Å². The van der Waals surface area contributed by atoms with Crippen molar-refractivity contribution in [2.45, 2.75) is 13.2 Å². The van der Waals surface area contributed by atoms with Gasteiger partial charge < -0.3 is 9.47 Å². The highest BCUT2D eigenvalue weighted by Gasteiger charge is 2.35. The zero-order valence-electron chi connectivity index (χ0n) is 18.2. The highest BCUT2D eigenvalue weighted by Crippen LogP contribution is 2.39. The van der Waals surface area contributed by atoms with Crippen LogP contribution in [-0.2, 0) is 17.9 Å². The Labute approximate surface area is 229 Å². The van der Waals surface area contributed by atoms with Crippen molar-refractivity contribution < 1.29 is 23.5 Å². The minimum atomic E-state index is -0.429. The fraction of sp³-hybridized carbons (Fsp3) is 0.120. The van der Waals surface area contributed by atoms with Crippen LogP contribution in [0.25, 0.3) is 6.08 Å². The van der Waals surface area contributed by atoms with Crippen LogP contribution in [0.1, 0.15) is 16.7 Å². The molecule has 0 saturated carbocycles. The molecule has 0 aromatic heterocycles. The van der Waals surface area contributed by atoms with Crippen molar-refractivity contribution in [1.29, 1.82) is 0 Å². The van der Waals surface area contributed by atoms with E-state index in [2.05, 4.69) is 22.6 Å². The number of hydrogen-bond acceptors (Lipinski definition) is 5. The molecule has 1 fully saturated rings. The van der Waals surface area contributed by atoms with Gasteiger partial charge in [0.1, 0.15) is 12.4 Å². The van der Waals surface area contributed by atoms with Gasteiger partial charge in [0.2, 0.25) is 0 Å². The van der Waals surface area contributed by atoms with Gasteiger partial charge in [-0.15, -0.1) is 0 Å². The van der Waals surface area contributed by atoms with Crippen molar-refractivity contribution in [3.05, 3.63) is 95.6 Å². The predicted octanol–water partition coefficient (Wildman–Crippen LogP) is 7.56. The third-order valence-electron chi connectivity index (χ3n) is 5.10. The summed E-state index contributed by atoms with van der Waals surface area (Å²) in [5.41, 5.74) is 1.99. The van der Waals surface area contributed by atoms with Crippen LogP contribution >= 0.6 is 57.6 Å². The second-order valence-corrected chi connectivity index (χ2v) is 10.4. The molecule has 0 unspecified atom stereocenters. The van der Waals surface area contributed by atoms with Crippen molar-refractivity contribution in [3.63, 3.8) is 0 Å². The second kappa shape index (κ2) is 11.2. The van der Waals surface area contributed by atoms with Crippen LogP contribution in [0.3, 0.4) is 0 Å². The van der Waals surface area contributed by atoms with E-state index in [-0.39, 0.29) is 23.9 Å². The third-order valence-corrected chi connectivity index (χ3v) is 7.51. The molecular weight excluding hydrogens is 627 g/mol. The normalized spacial score (nSPS) is 14.7. The summed E-state index contributed by atoms with van der Waals surface area (Å²) in [6.45, 7) is 0.215. The third kappa shape index (κ3) is 5.94. The average molecular weight is 644 g/mol. The molecule has 2 amide bonds. The Bertz CT molecular complexity index is 1310. The van der Waals surface area contributed by atoms with Crippen molar-refractivity contribution in [1.82, 2.24) is 4.90 Å². The highest BCUT2D eigenvalue weighted by atomic mass is 127. The summed E-state index contributed by atoms with van der Waals surface area (Å²) in [5.74, 6) is 0.245. The summed E-state index contributed by atoms with van der Waals surface area (Å²) >= 11 is 15.4. The van der Waals surface area contributed by atoms with Gasteiger partial charge in [0.05, 0.1) is 22.1 Å². The first-order valence-electron chi connectivity index (χ1n) is 10.2. The number of methoxy groups -OCH3 is 1. The molecule has 3 aromatic rings. The molecule has 1 aliphatic heterocycles. The number of thioether (sulfide) groups is 1. The SMILES string of the molecule is COc1cc(/C=C2\SC(=O)N(Cc3c(Cl)cccc3Cl)C2=O)cc(I)c1OCc1ccc(F)cc1. The van der Waals surface area contributed by atoms with Gasteiger partial charge in [0, 0.05) is 15.6 Å². The minimum absolute atomic E-state index is 0.0163. The van der Waals surface area contributed by atoms with E-state index in [1.807, 2.05) is 6.07 Å². The number of imide groups is 1. The number of halogens is 4. The maximum Gasteiger partial charge on any atom is 0.293 e. The van der Waals surface area contributed by atoms with Gasteiger partial charge in [-0.3, -0.25) is 14.5 Å². The first-order chi connectivity index (χ1) is 16.8. The van der Waals surface area contributed by atoms with E-state index >= 15 is 0 Å². The lowest BCUT2D eigenvalue weighted by Crippen LogP contribution is -2.27. The van der Waals surface area contributed by atoms with Crippen molar-refractivity contribution >= 4 is 74.8 Å². The zero-order valence-corrected chi connectivity index (χ0v) is 22.7. The lowest BCUT2D eigenvalue weighted by atomic mass is 10.1. The van der Waals surface area contributed by atoms with Crippen LogP contribution in [0.15, 0.2) is 59.5 Å². The van der Waals surface area contributed by atoms with Crippen LogP contribution < -0.4 is 9.47 Å². The molecule has 0 aliphatic carbocycles. The molecule has 0 atom stereocenters. The van der Waals surface area contributed by atoms with Crippen molar-refractivity contribution in [2.24, 2.45) is 0 Å². The van der Waals surface area contributed by atoms with Crippen LogP contribution in [-0.4, -0.2) is 23.2 Å². The summed E-state index contributed by atoms with van der Waals surface area (Å²) in [6, 6.07) is 14.6. The number of ether oxygens (including phenoxy) is 2. The summed E-state index contributed by atoms with van der Waals surface area (Å²) in [6.07, 6.45) is 1.63. The smallest absolute Gasteiger partial charge is 0.293 e. The van der Waals surface area contributed by atoms with Crippen molar-refractivity contribution in [3.8, 4) is 11.5 Å². The monoisotopic (exact) mass is 643 g/mol. The first-order valence-corrected chi connectivity index (χ1v) is 12.8. The first kappa shape index (κ1) is 25.8. The zero-order chi connectivity index (χ0) is 25.1. The Morgan fingerprint density at radius 3 is 2.43 bits per heavy atom. The van der Waals surface area contributed by atoms with Crippen LogP contribution in [0.2, 0.25) is 10.0 Å². The molecule has 10 heteroatoms. The number of rotatable bonds is 7. The molecule has 0 spiro atoms. The average Bonchev–Trinajstić information content (AvgIpc) is 3.08. The van der Waals surface area contributed by atoms with Crippen LogP contribution in [0.5, 0.6) is 11.5 Å². The van der Waals surface area contributed by atoms with Gasteiger partial charge in [-0.25, -0.2) is 4.39 Å². The largest absolute Gasteiger partial charge is 0.493 e. The van der Waals surface area contributed by atoms with E-state index in [4.69, 9.17) is 32.7 Å². The molecule has 5 nitrogen and oxygen atoms in total. The summed E-state index contributed by atoms with van der Waals surface area (Å²) in [4.78, 5) is 26.9. The van der Waals surface area contributed by atoms with Crippen LogP contribution in [0.4, 0.5) is 9.18 Å². The minimum Gasteiger partial charge on any atom is -0.493 e. The molecule has 0 radical (unpaired) electrons. The standard InChI is InChI=1S/C25H17Cl2FINO4S/c1-33-21-10-15(9-20(29)23(21)34-13-14-5-7-16(28)8-6-14)11-22-24(31)30(25(32)35-22)12-17-18(26)3-2-4-19(17)27/h2-11H,12-13H2,1H3/b22-11-. The molecule has 4 rings (SSSR count). The fourth-order valence-electron chi connectivity index (χ4n) is 3.33. The molecule has 1 aliphatic rings. The number of nitrogens with zero attached hydrogens (tertiary/aromatic N) is 1. The Morgan fingerprint density at radius 1 is 1.09 bits per heavy atom. The van der Waals surface area contributed by atoms with Gasteiger partial charge in [0.15, 0.2) is 11.5 Å². The second-order valence-electron chi connectivity index (χ2n) is 7.42. The number of hydrogen-bond donors (Lipinski definition) is 0. The molecular formula is C25H17Cl2FINO4S. The van der Waals surface area contributed by atoms with E-state index in [0.717, 1.165) is 25.8 Å². The molecule has 0 bridgehead atoms. The van der Waals surface area contributed by atoms with Gasteiger partial charge >= 0.3 is 0 Å². The fourth-order valence-corrected chi connectivity index (χ4v) is 5.46. The Balaban J connectivity index is 1.54. The lowest BCUT2D eigenvalue weighted by Gasteiger charge is -2.15. The number of carbonyl (C=O) groups is 2. The number of benzene rings is 3. The summed E-state index contributed by atoms with van der Waals surface area (Å²) in [7, 11) is 1.52. The van der Waals surface area contributed by atoms with E-state index in [0.29, 0.717) is 32.7 Å². The molecule has 35 heavy (non-hydrogen) atoms. The topological polar surface area (TPSA) is 55.8 Å². The molecule has 3 aromatic carbocycles. The maximum absolute atomic E-state index is 13.1. The van der Waals surface area contributed by atoms with E-state index in [1.165, 1.54) is 19.2 Å². The number of carbonyl (C=O) groups excluding carboxylic acids is 2. The van der Waals surface area contributed by atoms with Gasteiger partial charge in [0.25, 0.3) is 11.1 Å². The van der Waals surface area contributed by atoms with E-state index < -0.39 is 11.1 Å². The molecule has 1 heterocycles. The van der Waals surface area contributed by atoms with Crippen molar-refractivity contribution in [2.75, 3.05) is 7.11 Å². The van der Waals surface area contributed by atoms with Gasteiger partial charge in [-0.05, 0) is 88.0 Å². The maximum atomic E-state index is 13.1. The molecule has 0 N–H and O–H groups in total. The Hall–Kier alpha value is -2.27. The predicted molar refractivity (Wildman–Crippen MR) is 144 cm³/mol. The van der Waals surface area contributed by atoms with E-state index in [9.17, 15) is 14.0 Å². The Morgan fingerprint density at radius 2 is 1.77 bits per heavy atom. The summed E-state index contributed by atoms with van der Waals surface area (Å²) < 4.78 is 25.3. The molecule has 180 valence electrons.